The van der Waals surface area contributed by atoms with Crippen molar-refractivity contribution < 1.29 is 27.5 Å². The fourth-order valence-electron chi connectivity index (χ4n) is 5.02. The van der Waals surface area contributed by atoms with Gasteiger partial charge in [-0.1, -0.05) is 60.2 Å². The van der Waals surface area contributed by atoms with Gasteiger partial charge in [0.05, 0.1) is 24.8 Å². The molecule has 0 saturated heterocycles. The third-order valence-corrected chi connectivity index (χ3v) is 9.23. The number of ether oxygens (including phenoxy) is 2. The number of sulfonamides is 1. The predicted molar refractivity (Wildman–Crippen MR) is 179 cm³/mol. The molecule has 4 aromatic rings. The highest BCUT2D eigenvalue weighted by molar-refractivity contribution is 7.92. The number of carbonyl (C=O) groups is 2. The van der Waals surface area contributed by atoms with E-state index in [9.17, 15) is 18.0 Å². The summed E-state index contributed by atoms with van der Waals surface area (Å²) >= 11 is 0. The topological polar surface area (TPSA) is 105 Å². The second kappa shape index (κ2) is 15.4. The molecule has 0 radical (unpaired) electrons. The van der Waals surface area contributed by atoms with E-state index in [1.165, 1.54) is 24.1 Å². The highest BCUT2D eigenvalue weighted by Crippen LogP contribution is 2.27. The van der Waals surface area contributed by atoms with Crippen LogP contribution in [0.1, 0.15) is 30.5 Å². The lowest BCUT2D eigenvalue weighted by Crippen LogP contribution is -2.54. The van der Waals surface area contributed by atoms with E-state index >= 15 is 0 Å². The molecule has 2 amide bonds. The van der Waals surface area contributed by atoms with Crippen molar-refractivity contribution in [2.45, 2.75) is 50.7 Å². The molecule has 0 unspecified atom stereocenters. The monoisotopic (exact) mass is 643 g/mol. The Morgan fingerprint density at radius 3 is 2.02 bits per heavy atom. The van der Waals surface area contributed by atoms with Gasteiger partial charge in [-0.2, -0.15) is 0 Å². The summed E-state index contributed by atoms with van der Waals surface area (Å²) < 4.78 is 40.1. The lowest BCUT2D eigenvalue weighted by Gasteiger charge is -2.34. The summed E-state index contributed by atoms with van der Waals surface area (Å²) in [6.07, 6.45) is 0.227. The molecule has 0 aliphatic heterocycles. The van der Waals surface area contributed by atoms with E-state index in [2.05, 4.69) is 5.32 Å². The third-order valence-electron chi connectivity index (χ3n) is 7.44. The van der Waals surface area contributed by atoms with Gasteiger partial charge in [-0.15, -0.1) is 0 Å². The first-order valence-electron chi connectivity index (χ1n) is 15.0. The Labute approximate surface area is 271 Å². The first-order chi connectivity index (χ1) is 22.0. The van der Waals surface area contributed by atoms with Gasteiger partial charge < -0.3 is 19.7 Å². The van der Waals surface area contributed by atoms with Crippen molar-refractivity contribution in [1.82, 2.24) is 10.2 Å². The van der Waals surface area contributed by atoms with Gasteiger partial charge in [0.15, 0.2) is 0 Å². The van der Waals surface area contributed by atoms with Gasteiger partial charge in [-0.25, -0.2) is 8.42 Å². The first kappa shape index (κ1) is 34.1. The van der Waals surface area contributed by atoms with Crippen molar-refractivity contribution in [2.24, 2.45) is 0 Å². The maximum Gasteiger partial charge on any atom is 0.264 e. The van der Waals surface area contributed by atoms with Gasteiger partial charge in [0.25, 0.3) is 10.0 Å². The zero-order valence-corrected chi connectivity index (χ0v) is 27.7. The summed E-state index contributed by atoms with van der Waals surface area (Å²) in [5.74, 6) is 0.219. The number of benzene rings is 4. The maximum atomic E-state index is 14.5. The standard InChI is InChI=1S/C36H41N3O6S/c1-26(2)37-36(41)34(23-28-10-7-6-8-11-28)38(24-29-12-9-13-32(22-29)45-5)35(40)25-39(30-16-14-27(3)15-17-30)46(42,43)33-20-18-31(44-4)19-21-33/h6-22,26,34H,23-25H2,1-5H3,(H,37,41)/t34-/m1/s1. The van der Waals surface area contributed by atoms with Crippen LogP contribution in [0, 0.1) is 6.92 Å². The number of nitrogens with zero attached hydrogens (tertiary/aromatic N) is 2. The Bertz CT molecular complexity index is 1710. The van der Waals surface area contributed by atoms with Crippen LogP contribution in [0.5, 0.6) is 11.5 Å². The van der Waals surface area contributed by atoms with Gasteiger partial charge in [0.2, 0.25) is 11.8 Å². The van der Waals surface area contributed by atoms with Crippen LogP contribution >= 0.6 is 0 Å². The molecule has 0 spiro atoms. The second-order valence-electron chi connectivity index (χ2n) is 11.3. The largest absolute Gasteiger partial charge is 0.497 e. The van der Waals surface area contributed by atoms with Gasteiger partial charge in [0, 0.05) is 19.0 Å². The number of nitrogens with one attached hydrogen (secondary N) is 1. The Morgan fingerprint density at radius 1 is 0.783 bits per heavy atom. The number of methoxy groups -OCH3 is 2. The predicted octanol–water partition coefficient (Wildman–Crippen LogP) is 5.37. The van der Waals surface area contributed by atoms with E-state index in [4.69, 9.17) is 9.47 Å². The van der Waals surface area contributed by atoms with Crippen molar-refractivity contribution in [1.29, 1.82) is 0 Å². The summed E-state index contributed by atoms with van der Waals surface area (Å²) in [7, 11) is -1.16. The van der Waals surface area contributed by atoms with Crippen LogP contribution in [0.25, 0.3) is 0 Å². The van der Waals surface area contributed by atoms with Crippen molar-refractivity contribution in [3.63, 3.8) is 0 Å². The van der Waals surface area contributed by atoms with Crippen LogP contribution in [-0.2, 0) is 32.6 Å². The summed E-state index contributed by atoms with van der Waals surface area (Å²) in [5, 5.41) is 2.96. The highest BCUT2D eigenvalue weighted by Gasteiger charge is 2.35. The minimum atomic E-state index is -4.22. The van der Waals surface area contributed by atoms with Gasteiger partial charge in [0.1, 0.15) is 24.1 Å². The SMILES string of the molecule is COc1ccc(S(=O)(=O)N(CC(=O)N(Cc2cccc(OC)c2)[C@H](Cc2ccccc2)C(=O)NC(C)C)c2ccc(C)cc2)cc1. The van der Waals surface area contributed by atoms with Crippen LogP contribution in [0.4, 0.5) is 5.69 Å². The molecule has 0 bridgehead atoms. The van der Waals surface area contributed by atoms with Gasteiger partial charge >= 0.3 is 0 Å². The second-order valence-corrected chi connectivity index (χ2v) is 13.1. The molecule has 0 aromatic heterocycles. The third kappa shape index (κ3) is 8.66. The quantitative estimate of drug-likeness (QED) is 0.198. The number of hydrogen-bond acceptors (Lipinski definition) is 6. The maximum absolute atomic E-state index is 14.5. The molecule has 10 heteroatoms. The van der Waals surface area contributed by atoms with Crippen LogP contribution in [0.15, 0.2) is 108 Å². The average Bonchev–Trinajstić information content (AvgIpc) is 3.05. The van der Waals surface area contributed by atoms with E-state index in [1.807, 2.05) is 63.2 Å². The molecule has 1 atom stereocenters. The lowest BCUT2D eigenvalue weighted by atomic mass is 10.0. The Hall–Kier alpha value is -4.83. The molecule has 0 heterocycles. The van der Waals surface area contributed by atoms with E-state index in [0.717, 1.165) is 21.0 Å². The molecule has 1 N–H and O–H groups in total. The Balaban J connectivity index is 1.81. The molecular formula is C36H41N3O6S. The molecule has 242 valence electrons. The summed E-state index contributed by atoms with van der Waals surface area (Å²) in [6, 6.07) is 28.5. The van der Waals surface area contributed by atoms with E-state index in [1.54, 1.807) is 55.6 Å². The molecule has 0 saturated carbocycles. The molecule has 46 heavy (non-hydrogen) atoms. The molecule has 9 nitrogen and oxygen atoms in total. The highest BCUT2D eigenvalue weighted by atomic mass is 32.2. The minimum absolute atomic E-state index is 0.000549. The fourth-order valence-corrected chi connectivity index (χ4v) is 6.43. The number of rotatable bonds is 14. The van der Waals surface area contributed by atoms with Gasteiger partial charge in [-0.3, -0.25) is 13.9 Å². The molecule has 4 aromatic carbocycles. The van der Waals surface area contributed by atoms with E-state index in [-0.39, 0.29) is 29.8 Å². The van der Waals surface area contributed by atoms with Gasteiger partial charge in [-0.05, 0) is 80.4 Å². The first-order valence-corrected chi connectivity index (χ1v) is 16.5. The van der Waals surface area contributed by atoms with Crippen molar-refractivity contribution >= 4 is 27.5 Å². The van der Waals surface area contributed by atoms with Crippen LogP contribution < -0.4 is 19.1 Å². The zero-order valence-electron chi connectivity index (χ0n) is 26.8. The summed E-state index contributed by atoms with van der Waals surface area (Å²) in [4.78, 5) is 29.8. The van der Waals surface area contributed by atoms with Crippen LogP contribution in [-0.4, -0.2) is 58.0 Å². The lowest BCUT2D eigenvalue weighted by molar-refractivity contribution is -0.140. The Morgan fingerprint density at radius 2 is 1.41 bits per heavy atom. The number of hydrogen-bond donors (Lipinski definition) is 1. The minimum Gasteiger partial charge on any atom is -0.497 e. The summed E-state index contributed by atoms with van der Waals surface area (Å²) in [5.41, 5.74) is 2.84. The Kier molecular flexibility index (Phi) is 11.4. The number of anilines is 1. The van der Waals surface area contributed by atoms with E-state index in [0.29, 0.717) is 17.2 Å². The fraction of sp³-hybridized carbons (Fsp3) is 0.278. The van der Waals surface area contributed by atoms with Crippen molar-refractivity contribution in [3.05, 3.63) is 120 Å². The average molecular weight is 644 g/mol. The molecule has 0 aliphatic rings. The molecular weight excluding hydrogens is 602 g/mol. The van der Waals surface area contributed by atoms with Crippen molar-refractivity contribution in [2.75, 3.05) is 25.1 Å². The molecule has 0 fully saturated rings. The number of carbonyl (C=O) groups excluding carboxylic acids is 2. The number of amides is 2. The molecule has 0 aliphatic carbocycles. The molecule has 4 rings (SSSR count). The smallest absolute Gasteiger partial charge is 0.264 e. The zero-order chi connectivity index (χ0) is 33.3. The van der Waals surface area contributed by atoms with E-state index < -0.39 is 28.5 Å². The normalized spacial score (nSPS) is 11.9. The summed E-state index contributed by atoms with van der Waals surface area (Å²) in [6.45, 7) is 5.11. The number of aryl methyl sites for hydroxylation is 1. The van der Waals surface area contributed by atoms with Crippen LogP contribution in [0.3, 0.4) is 0 Å². The van der Waals surface area contributed by atoms with Crippen molar-refractivity contribution in [3.8, 4) is 11.5 Å². The van der Waals surface area contributed by atoms with Crippen LogP contribution in [0.2, 0.25) is 0 Å².